The van der Waals surface area contributed by atoms with Crippen LogP contribution in [-0.2, 0) is 0 Å². The highest BCUT2D eigenvalue weighted by Gasteiger charge is 2.26. The molecule has 0 bridgehead atoms. The minimum atomic E-state index is 0. The lowest BCUT2D eigenvalue weighted by molar-refractivity contribution is 0.256. The van der Waals surface area contributed by atoms with E-state index in [0.717, 1.165) is 0 Å². The van der Waals surface area contributed by atoms with Gasteiger partial charge in [0.25, 0.3) is 0 Å². The van der Waals surface area contributed by atoms with E-state index in [9.17, 15) is 0 Å². The molecule has 2 aromatic carbocycles. The van der Waals surface area contributed by atoms with E-state index in [-0.39, 0.29) is 12.4 Å². The van der Waals surface area contributed by atoms with Gasteiger partial charge >= 0.3 is 0 Å². The lowest BCUT2D eigenvalue weighted by Crippen LogP contribution is -2.38. The molecular weight excluding hydrogens is 568 g/mol. The van der Waals surface area contributed by atoms with Crippen LogP contribution in [0.2, 0.25) is 0 Å². The maximum Gasteiger partial charge on any atom is 0.0858 e. The van der Waals surface area contributed by atoms with Gasteiger partial charge in [-0.05, 0) is 36.0 Å². The number of rotatable bonds is 5. The van der Waals surface area contributed by atoms with Gasteiger partial charge in [0.1, 0.15) is 0 Å². The molecule has 0 aliphatic carbocycles. The molecule has 0 aromatic heterocycles. The van der Waals surface area contributed by atoms with Crippen molar-refractivity contribution in [3.63, 3.8) is 0 Å². The van der Waals surface area contributed by atoms with E-state index in [4.69, 9.17) is 0 Å². The van der Waals surface area contributed by atoms with Crippen molar-refractivity contribution in [2.75, 3.05) is 19.6 Å². The molecule has 4 heteroatoms. The normalized spacial score (nSPS) is 15.4. The number of benzene rings is 2. The van der Waals surface area contributed by atoms with Crippen molar-refractivity contribution in [1.82, 2.24) is 4.90 Å². The fourth-order valence-electron chi connectivity index (χ4n) is 3.45. The number of piperidine rings is 1. The zero-order valence-corrected chi connectivity index (χ0v) is 20.3. The molecule has 0 atom stereocenters. The molecule has 26 heavy (non-hydrogen) atoms. The van der Waals surface area contributed by atoms with E-state index in [1.54, 1.807) is 5.57 Å². The Morgan fingerprint density at radius 1 is 0.885 bits per heavy atom. The summed E-state index contributed by atoms with van der Waals surface area (Å²) in [4.78, 5) is 2.64. The first-order chi connectivity index (χ1) is 12.1. The SMILES string of the molecule is CCC(I)(I)CN1CCC(=C(c2ccccc2)c2ccccc2)CC1.Cl. The van der Waals surface area contributed by atoms with Crippen LogP contribution in [-0.4, -0.2) is 26.0 Å². The predicted molar refractivity (Wildman–Crippen MR) is 133 cm³/mol. The minimum Gasteiger partial charge on any atom is -0.301 e. The number of nitrogens with zero attached hydrogens (tertiary/aromatic N) is 1. The van der Waals surface area contributed by atoms with Gasteiger partial charge in [-0.2, -0.15) is 0 Å². The fourth-order valence-corrected chi connectivity index (χ4v) is 4.42. The maximum atomic E-state index is 2.64. The third-order valence-electron chi connectivity index (χ3n) is 4.91. The van der Waals surface area contributed by atoms with Crippen molar-refractivity contribution in [1.29, 1.82) is 0 Å². The van der Waals surface area contributed by atoms with Gasteiger partial charge < -0.3 is 4.90 Å². The topological polar surface area (TPSA) is 3.24 Å². The summed E-state index contributed by atoms with van der Waals surface area (Å²) < 4.78 is 0.360. The molecule has 0 unspecified atom stereocenters. The molecular formula is C22H26ClI2N. The summed E-state index contributed by atoms with van der Waals surface area (Å²) in [5.74, 6) is 0. The first-order valence-electron chi connectivity index (χ1n) is 9.02. The van der Waals surface area contributed by atoms with Crippen LogP contribution < -0.4 is 0 Å². The molecule has 1 aliphatic rings. The molecule has 1 saturated heterocycles. The average molecular weight is 594 g/mol. The lowest BCUT2D eigenvalue weighted by Gasteiger charge is -2.34. The largest absolute Gasteiger partial charge is 0.301 e. The first-order valence-corrected chi connectivity index (χ1v) is 11.2. The number of alkyl halides is 2. The smallest absolute Gasteiger partial charge is 0.0858 e. The summed E-state index contributed by atoms with van der Waals surface area (Å²) >= 11 is 5.22. The Bertz CT molecular complexity index is 662. The van der Waals surface area contributed by atoms with Crippen molar-refractivity contribution < 1.29 is 0 Å². The molecule has 0 N–H and O–H groups in total. The van der Waals surface area contributed by atoms with E-state index >= 15 is 0 Å². The standard InChI is InChI=1S/C22H25I2N.ClH/c1-2-22(23,24)17-25-15-13-20(14-16-25)21(18-9-5-3-6-10-18)19-11-7-4-8-12-19;/h3-12H,2,13-17H2,1H3;1H. The summed E-state index contributed by atoms with van der Waals surface area (Å²) in [6.07, 6.45) is 3.56. The Hall–Kier alpha value is -0.110. The molecule has 2 aromatic rings. The Morgan fingerprint density at radius 3 is 1.77 bits per heavy atom. The number of hydrogen-bond donors (Lipinski definition) is 0. The molecule has 3 rings (SSSR count). The van der Waals surface area contributed by atoms with Gasteiger partial charge in [-0.3, -0.25) is 0 Å². The third-order valence-corrected chi connectivity index (χ3v) is 7.12. The molecule has 1 heterocycles. The van der Waals surface area contributed by atoms with Gasteiger partial charge in [0.15, 0.2) is 0 Å². The van der Waals surface area contributed by atoms with Crippen LogP contribution in [0.5, 0.6) is 0 Å². The fraction of sp³-hybridized carbons (Fsp3) is 0.364. The summed E-state index contributed by atoms with van der Waals surface area (Å²) in [6.45, 7) is 5.82. The highest BCUT2D eigenvalue weighted by molar-refractivity contribution is 14.2. The van der Waals surface area contributed by atoms with Crippen LogP contribution in [0, 0.1) is 0 Å². The second kappa shape index (κ2) is 10.4. The molecule has 0 saturated carbocycles. The van der Waals surface area contributed by atoms with Crippen LogP contribution >= 0.6 is 57.6 Å². The Labute approximate surface area is 191 Å². The first kappa shape index (κ1) is 22.2. The molecule has 1 aliphatic heterocycles. The highest BCUT2D eigenvalue weighted by atomic mass is 127. The second-order valence-corrected chi connectivity index (χ2v) is 12.9. The van der Waals surface area contributed by atoms with Gasteiger partial charge in [0.05, 0.1) is 1.43 Å². The van der Waals surface area contributed by atoms with E-state index < -0.39 is 0 Å². The average Bonchev–Trinajstić information content (AvgIpc) is 2.65. The van der Waals surface area contributed by atoms with Gasteiger partial charge in [-0.25, -0.2) is 0 Å². The van der Waals surface area contributed by atoms with Crippen molar-refractivity contribution >= 4 is 63.2 Å². The predicted octanol–water partition coefficient (Wildman–Crippen LogP) is 6.98. The van der Waals surface area contributed by atoms with Crippen molar-refractivity contribution in [3.05, 3.63) is 77.4 Å². The number of halogens is 3. The van der Waals surface area contributed by atoms with Crippen LogP contribution in [0.25, 0.3) is 5.57 Å². The second-order valence-electron chi connectivity index (χ2n) is 6.70. The summed E-state index contributed by atoms with van der Waals surface area (Å²) in [5, 5.41) is 0. The molecule has 0 amide bonds. The van der Waals surface area contributed by atoms with E-state index in [1.807, 2.05) is 0 Å². The van der Waals surface area contributed by atoms with Gasteiger partial charge in [0.2, 0.25) is 0 Å². The third kappa shape index (κ3) is 5.94. The van der Waals surface area contributed by atoms with Crippen molar-refractivity contribution in [2.24, 2.45) is 0 Å². The Morgan fingerprint density at radius 2 is 1.35 bits per heavy atom. The highest BCUT2D eigenvalue weighted by Crippen LogP contribution is 2.35. The zero-order chi connectivity index (χ0) is 17.7. The Kier molecular flexibility index (Phi) is 8.91. The molecule has 1 nitrogen and oxygen atoms in total. The van der Waals surface area contributed by atoms with Gasteiger partial charge in [0, 0.05) is 19.6 Å². The monoisotopic (exact) mass is 593 g/mol. The Balaban J connectivity index is 0.00000243. The van der Waals surface area contributed by atoms with Crippen LogP contribution in [0.1, 0.15) is 37.3 Å². The number of hydrogen-bond acceptors (Lipinski definition) is 1. The molecule has 1 fully saturated rings. The molecule has 140 valence electrons. The summed E-state index contributed by atoms with van der Waals surface area (Å²) in [5.41, 5.74) is 5.76. The zero-order valence-electron chi connectivity index (χ0n) is 15.1. The summed E-state index contributed by atoms with van der Waals surface area (Å²) in [6, 6.07) is 21.8. The minimum absolute atomic E-state index is 0. The van der Waals surface area contributed by atoms with Crippen LogP contribution in [0.3, 0.4) is 0 Å². The van der Waals surface area contributed by atoms with Crippen LogP contribution in [0.4, 0.5) is 0 Å². The summed E-state index contributed by atoms with van der Waals surface area (Å²) in [7, 11) is 0. The van der Waals surface area contributed by atoms with Gasteiger partial charge in [-0.1, -0.05) is 118 Å². The van der Waals surface area contributed by atoms with Crippen molar-refractivity contribution in [3.8, 4) is 0 Å². The van der Waals surface area contributed by atoms with E-state index in [0.29, 0.717) is 1.43 Å². The lowest BCUT2D eigenvalue weighted by atomic mass is 9.88. The van der Waals surface area contributed by atoms with Gasteiger partial charge in [-0.15, -0.1) is 12.4 Å². The maximum absolute atomic E-state index is 2.64. The molecule has 0 radical (unpaired) electrons. The van der Waals surface area contributed by atoms with Crippen LogP contribution in [0.15, 0.2) is 66.2 Å². The quantitative estimate of drug-likeness (QED) is 0.267. The molecule has 0 spiro atoms. The number of likely N-dealkylation sites (tertiary alicyclic amines) is 1. The van der Waals surface area contributed by atoms with E-state index in [2.05, 4.69) is 118 Å². The van der Waals surface area contributed by atoms with Crippen molar-refractivity contribution in [2.45, 2.75) is 27.6 Å². The van der Waals surface area contributed by atoms with E-state index in [1.165, 1.54) is 55.6 Å².